The van der Waals surface area contributed by atoms with Gasteiger partial charge in [0.15, 0.2) is 0 Å². The minimum Gasteiger partial charge on any atom is -0.456 e. The number of hydrogen-bond donors (Lipinski definition) is 0. The number of hydrogen-bond acceptors (Lipinski definition) is 2. The minimum absolute atomic E-state index is 0.745. The lowest BCUT2D eigenvalue weighted by Crippen LogP contribution is -2.03. The summed E-state index contributed by atoms with van der Waals surface area (Å²) in [5.41, 5.74) is 6.70. The van der Waals surface area contributed by atoms with Crippen molar-refractivity contribution in [3.05, 3.63) is 71.8 Å². The van der Waals surface area contributed by atoms with E-state index in [2.05, 4.69) is 88.4 Å². The fraction of sp³-hybridized carbons (Fsp3) is 0.421. The third-order valence-electron chi connectivity index (χ3n) is 9.33. The van der Waals surface area contributed by atoms with Crippen LogP contribution in [-0.4, -0.2) is 0 Å². The molecule has 2 unspecified atom stereocenters. The van der Waals surface area contributed by atoms with Gasteiger partial charge in [0, 0.05) is 21.5 Å². The second kappa shape index (κ2) is 11.7. The van der Waals surface area contributed by atoms with Crippen molar-refractivity contribution in [1.82, 2.24) is 0 Å². The predicted octanol–water partition coefficient (Wildman–Crippen LogP) is 12.2. The Balaban J connectivity index is 1.40. The second-order valence-corrected chi connectivity index (χ2v) is 12.1. The van der Waals surface area contributed by atoms with Crippen molar-refractivity contribution < 1.29 is 8.83 Å². The number of rotatable bonds is 12. The highest BCUT2D eigenvalue weighted by Crippen LogP contribution is 2.41. The molecule has 0 aliphatic carbocycles. The third-order valence-corrected chi connectivity index (χ3v) is 9.33. The number of furan rings is 2. The smallest absolute Gasteiger partial charge is 0.136 e. The average Bonchev–Trinajstić information content (AvgIpc) is 3.54. The topological polar surface area (TPSA) is 26.3 Å². The summed E-state index contributed by atoms with van der Waals surface area (Å²) in [4.78, 5) is 0. The fourth-order valence-electron chi connectivity index (χ4n) is 6.85. The monoisotopic (exact) mass is 532 g/mol. The van der Waals surface area contributed by atoms with Gasteiger partial charge < -0.3 is 8.83 Å². The molecule has 4 aromatic carbocycles. The van der Waals surface area contributed by atoms with Gasteiger partial charge in [-0.3, -0.25) is 0 Å². The van der Waals surface area contributed by atoms with Crippen LogP contribution in [0.25, 0.3) is 54.6 Å². The van der Waals surface area contributed by atoms with Crippen molar-refractivity contribution in [1.29, 1.82) is 0 Å². The van der Waals surface area contributed by atoms with Gasteiger partial charge in [-0.05, 0) is 83.0 Å². The van der Waals surface area contributed by atoms with Crippen molar-refractivity contribution in [3.63, 3.8) is 0 Å². The van der Waals surface area contributed by atoms with E-state index in [4.69, 9.17) is 8.83 Å². The molecule has 0 N–H and O–H groups in total. The third kappa shape index (κ3) is 5.02. The molecule has 0 radical (unpaired) electrons. The Labute approximate surface area is 238 Å². The van der Waals surface area contributed by atoms with Gasteiger partial charge in [0.2, 0.25) is 0 Å². The summed E-state index contributed by atoms with van der Waals surface area (Å²) in [5, 5.41) is 7.32. The normalized spacial score (nSPS) is 13.8. The number of benzene rings is 4. The van der Waals surface area contributed by atoms with Gasteiger partial charge in [0.1, 0.15) is 22.3 Å². The second-order valence-electron chi connectivity index (χ2n) is 12.1. The molecular weight excluding hydrogens is 488 g/mol. The van der Waals surface area contributed by atoms with Crippen LogP contribution in [0.2, 0.25) is 0 Å². The Hall–Kier alpha value is -3.26. The molecular formula is C38H44O2. The molecule has 2 heteroatoms. The van der Waals surface area contributed by atoms with Crippen molar-refractivity contribution >= 4 is 54.6 Å². The summed E-state index contributed by atoms with van der Waals surface area (Å²) < 4.78 is 12.9. The molecule has 0 saturated heterocycles. The fourth-order valence-corrected chi connectivity index (χ4v) is 6.85. The van der Waals surface area contributed by atoms with E-state index in [1.54, 1.807) is 0 Å². The maximum Gasteiger partial charge on any atom is 0.136 e. The van der Waals surface area contributed by atoms with E-state index in [1.807, 2.05) is 0 Å². The van der Waals surface area contributed by atoms with E-state index in [9.17, 15) is 0 Å². The minimum atomic E-state index is 0.745. The molecule has 208 valence electrons. The van der Waals surface area contributed by atoms with E-state index in [0.717, 1.165) is 47.0 Å². The summed E-state index contributed by atoms with van der Waals surface area (Å²) >= 11 is 0. The zero-order valence-electron chi connectivity index (χ0n) is 24.8. The highest BCUT2D eigenvalue weighted by atomic mass is 16.3. The van der Waals surface area contributed by atoms with Crippen LogP contribution in [0, 0.1) is 11.8 Å². The molecule has 0 saturated carbocycles. The van der Waals surface area contributed by atoms with E-state index >= 15 is 0 Å². The summed E-state index contributed by atoms with van der Waals surface area (Å²) in [5.74, 6) is 1.49. The van der Waals surface area contributed by atoms with E-state index in [0.29, 0.717) is 0 Å². The van der Waals surface area contributed by atoms with Crippen LogP contribution in [0.1, 0.15) is 90.2 Å². The van der Waals surface area contributed by atoms with Crippen LogP contribution in [0.4, 0.5) is 0 Å². The zero-order valence-corrected chi connectivity index (χ0v) is 24.8. The van der Waals surface area contributed by atoms with Gasteiger partial charge in [-0.2, -0.15) is 0 Å². The summed E-state index contributed by atoms with van der Waals surface area (Å²) in [7, 11) is 0. The first-order valence-electron chi connectivity index (χ1n) is 15.8. The molecule has 2 atom stereocenters. The zero-order chi connectivity index (χ0) is 27.6. The first kappa shape index (κ1) is 26.9. The van der Waals surface area contributed by atoms with Crippen molar-refractivity contribution in [3.8, 4) is 0 Å². The Morgan fingerprint density at radius 2 is 0.925 bits per heavy atom. The molecule has 0 amide bonds. The van der Waals surface area contributed by atoms with Gasteiger partial charge in [-0.25, -0.2) is 0 Å². The van der Waals surface area contributed by atoms with Crippen molar-refractivity contribution in [2.75, 3.05) is 0 Å². The van der Waals surface area contributed by atoms with Gasteiger partial charge in [-0.15, -0.1) is 0 Å². The van der Waals surface area contributed by atoms with Gasteiger partial charge in [-0.1, -0.05) is 103 Å². The molecule has 2 aromatic heterocycles. The molecule has 2 nitrogen and oxygen atoms in total. The van der Waals surface area contributed by atoms with Gasteiger partial charge in [0.25, 0.3) is 0 Å². The van der Waals surface area contributed by atoms with Gasteiger partial charge >= 0.3 is 0 Å². The summed E-state index contributed by atoms with van der Waals surface area (Å²) in [6, 6.07) is 22.5. The summed E-state index contributed by atoms with van der Waals surface area (Å²) in [6.07, 6.45) is 12.5. The van der Waals surface area contributed by atoms with Crippen LogP contribution in [0.5, 0.6) is 0 Å². The number of fused-ring (bicyclic) bond motifs is 9. The van der Waals surface area contributed by atoms with Crippen LogP contribution in [-0.2, 0) is 12.8 Å². The Bertz CT molecular complexity index is 1630. The molecule has 0 aliphatic heterocycles. The Morgan fingerprint density at radius 3 is 1.32 bits per heavy atom. The van der Waals surface area contributed by atoms with Crippen LogP contribution >= 0.6 is 0 Å². The van der Waals surface area contributed by atoms with E-state index in [1.165, 1.54) is 94.8 Å². The predicted molar refractivity (Wildman–Crippen MR) is 173 cm³/mol. The van der Waals surface area contributed by atoms with Crippen LogP contribution < -0.4 is 0 Å². The molecule has 0 aliphatic rings. The molecule has 40 heavy (non-hydrogen) atoms. The molecule has 0 fully saturated rings. The van der Waals surface area contributed by atoms with E-state index < -0.39 is 0 Å². The molecule has 2 heterocycles. The molecule has 6 rings (SSSR count). The lowest BCUT2D eigenvalue weighted by atomic mass is 9.91. The maximum absolute atomic E-state index is 6.45. The van der Waals surface area contributed by atoms with Gasteiger partial charge in [0.05, 0.1) is 0 Å². The first-order chi connectivity index (χ1) is 19.6. The highest BCUT2D eigenvalue weighted by Gasteiger charge is 2.17. The average molecular weight is 533 g/mol. The Morgan fingerprint density at radius 1 is 0.500 bits per heavy atom. The SMILES string of the molecule is CCCCC(CC)Cc1ccc2c(c1)oc1ccc3c(ccc4oc5cc(CC(CC)CCCC)ccc5c43)c12. The Kier molecular flexibility index (Phi) is 7.87. The molecule has 0 bridgehead atoms. The van der Waals surface area contributed by atoms with E-state index in [-0.39, 0.29) is 0 Å². The lowest BCUT2D eigenvalue weighted by molar-refractivity contribution is 0.449. The molecule has 6 aromatic rings. The largest absolute Gasteiger partial charge is 0.456 e. The first-order valence-corrected chi connectivity index (χ1v) is 15.8. The van der Waals surface area contributed by atoms with Crippen molar-refractivity contribution in [2.24, 2.45) is 11.8 Å². The quantitative estimate of drug-likeness (QED) is 0.157. The number of unbranched alkanes of at least 4 members (excludes halogenated alkanes) is 2. The van der Waals surface area contributed by atoms with Crippen LogP contribution in [0.15, 0.2) is 69.5 Å². The lowest BCUT2D eigenvalue weighted by Gasteiger charge is -2.14. The maximum atomic E-state index is 6.45. The summed E-state index contributed by atoms with van der Waals surface area (Å²) in [6.45, 7) is 9.21. The van der Waals surface area contributed by atoms with Crippen molar-refractivity contribution in [2.45, 2.75) is 91.9 Å². The standard InChI is InChI=1S/C38H44O2/c1-5-9-11-25(7-3)21-27-13-15-31-35(23-27)39-33-19-17-30-29(37(31)33)18-20-34-38(30)32-16-14-28(24-36(32)40-34)22-26(8-4)12-10-6-2/h13-20,23-26H,5-12,21-22H2,1-4H3. The molecule has 0 spiro atoms. The highest BCUT2D eigenvalue weighted by molar-refractivity contribution is 6.27. The van der Waals surface area contributed by atoms with Crippen LogP contribution in [0.3, 0.4) is 0 Å².